The average Bonchev–Trinajstić information content (AvgIpc) is 3.67. The number of likely N-dealkylation sites (N-methyl/N-ethyl adjacent to an activating group) is 1. The first-order valence-corrected chi connectivity index (χ1v) is 11.2. The number of nitrogens with zero attached hydrogens (tertiary/aromatic N) is 4. The highest BCUT2D eigenvalue weighted by atomic mass is 16.2. The van der Waals surface area contributed by atoms with Gasteiger partial charge in [-0.3, -0.25) is 24.4 Å². The minimum absolute atomic E-state index is 0.00634. The number of pyridine rings is 1. The van der Waals surface area contributed by atoms with Crippen molar-refractivity contribution in [3.8, 4) is 0 Å². The maximum atomic E-state index is 13.0. The van der Waals surface area contributed by atoms with Gasteiger partial charge < -0.3 is 15.1 Å². The summed E-state index contributed by atoms with van der Waals surface area (Å²) in [6.07, 6.45) is 13.0. The highest BCUT2D eigenvalue weighted by Crippen LogP contribution is 2.29. The van der Waals surface area contributed by atoms with E-state index >= 15 is 0 Å². The molecule has 1 aliphatic carbocycles. The SMILES string of the molecule is C/C=C/C=C(\C=NC)c1ccc(NC(=O)CN2CCCC(C=O)=C2C(=O)N(C)C2CC2)cn1. The van der Waals surface area contributed by atoms with Gasteiger partial charge in [-0.15, -0.1) is 0 Å². The number of carbonyl (C=O) groups excluding carboxylic acids is 3. The molecule has 1 N–H and O–H groups in total. The second-order valence-corrected chi connectivity index (χ2v) is 8.18. The van der Waals surface area contributed by atoms with Crippen molar-refractivity contribution in [2.75, 3.05) is 32.5 Å². The monoisotopic (exact) mass is 449 g/mol. The summed E-state index contributed by atoms with van der Waals surface area (Å²) in [5.41, 5.74) is 2.98. The summed E-state index contributed by atoms with van der Waals surface area (Å²) in [5, 5.41) is 2.84. The number of aldehydes is 1. The van der Waals surface area contributed by atoms with E-state index in [1.807, 2.05) is 31.2 Å². The summed E-state index contributed by atoms with van der Waals surface area (Å²) < 4.78 is 0. The van der Waals surface area contributed by atoms with Crippen LogP contribution in [0.2, 0.25) is 0 Å². The molecule has 174 valence electrons. The standard InChI is InChI=1S/C25H31N5O3/c1-4-5-7-18(14-26-2)22-12-9-20(15-27-22)28-23(32)16-30-13-6-8-19(17-31)24(30)25(33)29(3)21-10-11-21/h4-5,7,9,12,14-15,17,21H,6,8,10-11,13,16H2,1-3H3,(H,28,32)/b5-4+,18-7+,26-14?. The van der Waals surface area contributed by atoms with E-state index < -0.39 is 0 Å². The van der Waals surface area contributed by atoms with Gasteiger partial charge in [-0.05, 0) is 44.7 Å². The normalized spacial score (nSPS) is 17.1. The number of aromatic nitrogens is 1. The fourth-order valence-corrected chi connectivity index (χ4v) is 3.78. The number of hydrogen-bond donors (Lipinski definition) is 1. The van der Waals surface area contributed by atoms with E-state index in [1.54, 1.807) is 42.4 Å². The minimum Gasteiger partial charge on any atom is -0.357 e. The molecule has 8 nitrogen and oxygen atoms in total. The van der Waals surface area contributed by atoms with Crippen LogP contribution in [0.4, 0.5) is 5.69 Å². The number of nitrogens with one attached hydrogen (secondary N) is 1. The van der Waals surface area contributed by atoms with Crippen molar-refractivity contribution in [1.29, 1.82) is 0 Å². The lowest BCUT2D eigenvalue weighted by molar-refractivity contribution is -0.129. The fraction of sp³-hybridized carbons (Fsp3) is 0.400. The van der Waals surface area contributed by atoms with Gasteiger partial charge in [0.25, 0.3) is 5.91 Å². The van der Waals surface area contributed by atoms with Crippen LogP contribution in [0, 0.1) is 0 Å². The van der Waals surface area contributed by atoms with E-state index in [0.717, 1.165) is 36.8 Å². The highest BCUT2D eigenvalue weighted by molar-refractivity contribution is 6.09. The third kappa shape index (κ3) is 6.25. The predicted octanol–water partition coefficient (Wildman–Crippen LogP) is 2.85. The Balaban J connectivity index is 1.70. The maximum Gasteiger partial charge on any atom is 0.270 e. The molecule has 0 unspecified atom stereocenters. The second-order valence-electron chi connectivity index (χ2n) is 8.18. The quantitative estimate of drug-likeness (QED) is 0.355. The number of anilines is 1. The van der Waals surface area contributed by atoms with Gasteiger partial charge in [0.2, 0.25) is 5.91 Å². The molecule has 0 radical (unpaired) electrons. The molecule has 2 aliphatic rings. The second kappa shape index (κ2) is 11.4. The number of aliphatic imine (C=N–C) groups is 1. The zero-order valence-corrected chi connectivity index (χ0v) is 19.5. The number of rotatable bonds is 9. The Hall–Kier alpha value is -3.55. The van der Waals surface area contributed by atoms with Crippen LogP contribution in [0.25, 0.3) is 5.57 Å². The van der Waals surface area contributed by atoms with Crippen LogP contribution < -0.4 is 5.32 Å². The van der Waals surface area contributed by atoms with E-state index in [9.17, 15) is 14.4 Å². The van der Waals surface area contributed by atoms with Gasteiger partial charge in [-0.25, -0.2) is 0 Å². The van der Waals surface area contributed by atoms with Crippen molar-refractivity contribution in [3.63, 3.8) is 0 Å². The molecule has 2 heterocycles. The molecule has 8 heteroatoms. The summed E-state index contributed by atoms with van der Waals surface area (Å²) in [6.45, 7) is 2.48. The maximum absolute atomic E-state index is 13.0. The summed E-state index contributed by atoms with van der Waals surface area (Å²) in [5.74, 6) is -0.452. The van der Waals surface area contributed by atoms with E-state index in [0.29, 0.717) is 29.9 Å². The summed E-state index contributed by atoms with van der Waals surface area (Å²) >= 11 is 0. The molecule has 0 atom stereocenters. The van der Waals surface area contributed by atoms with Crippen LogP contribution in [0.1, 0.15) is 38.3 Å². The molecular weight excluding hydrogens is 418 g/mol. The molecule has 2 amide bonds. The molecule has 1 aromatic rings. The molecule has 1 saturated carbocycles. The van der Waals surface area contributed by atoms with Crippen LogP contribution in [-0.2, 0) is 14.4 Å². The van der Waals surface area contributed by atoms with Crippen molar-refractivity contribution >= 4 is 35.6 Å². The smallest absolute Gasteiger partial charge is 0.270 e. The lowest BCUT2D eigenvalue weighted by atomic mass is 10.0. The van der Waals surface area contributed by atoms with Gasteiger partial charge in [-0.1, -0.05) is 18.2 Å². The molecule has 3 rings (SSSR count). The first-order chi connectivity index (χ1) is 16.0. The van der Waals surface area contributed by atoms with Gasteiger partial charge in [-0.2, -0.15) is 0 Å². The van der Waals surface area contributed by atoms with Crippen molar-refractivity contribution < 1.29 is 14.4 Å². The van der Waals surface area contributed by atoms with Gasteiger partial charge >= 0.3 is 0 Å². The zero-order chi connectivity index (χ0) is 23.8. The largest absolute Gasteiger partial charge is 0.357 e. The van der Waals surface area contributed by atoms with Gasteiger partial charge in [0.15, 0.2) is 0 Å². The van der Waals surface area contributed by atoms with Crippen molar-refractivity contribution in [2.24, 2.45) is 4.99 Å². The van der Waals surface area contributed by atoms with Crippen LogP contribution >= 0.6 is 0 Å². The molecule has 1 fully saturated rings. The van der Waals surface area contributed by atoms with E-state index in [4.69, 9.17) is 0 Å². The fourth-order valence-electron chi connectivity index (χ4n) is 3.78. The summed E-state index contributed by atoms with van der Waals surface area (Å²) in [7, 11) is 3.46. The molecule has 0 bridgehead atoms. The first kappa shape index (κ1) is 24.1. The Bertz CT molecular complexity index is 1000. The Kier molecular flexibility index (Phi) is 8.29. The van der Waals surface area contributed by atoms with Crippen molar-refractivity contribution in [1.82, 2.24) is 14.8 Å². The minimum atomic E-state index is -0.268. The third-order valence-electron chi connectivity index (χ3n) is 5.67. The third-order valence-corrected chi connectivity index (χ3v) is 5.67. The average molecular weight is 450 g/mol. The van der Waals surface area contributed by atoms with Crippen LogP contribution in [0.15, 0.2) is 52.8 Å². The van der Waals surface area contributed by atoms with E-state index in [-0.39, 0.29) is 24.4 Å². The number of allylic oxidation sites excluding steroid dienone is 5. The predicted molar refractivity (Wildman–Crippen MR) is 130 cm³/mol. The molecule has 0 spiro atoms. The number of carbonyl (C=O) groups is 3. The lowest BCUT2D eigenvalue weighted by Gasteiger charge is -2.33. The van der Waals surface area contributed by atoms with Gasteiger partial charge in [0.05, 0.1) is 24.1 Å². The highest BCUT2D eigenvalue weighted by Gasteiger charge is 2.35. The molecule has 0 aromatic carbocycles. The Labute approximate surface area is 194 Å². The number of hydrogen-bond acceptors (Lipinski definition) is 6. The lowest BCUT2D eigenvalue weighted by Crippen LogP contribution is -2.43. The molecule has 1 aliphatic heterocycles. The molecule has 1 aromatic heterocycles. The topological polar surface area (TPSA) is 95.0 Å². The number of amides is 2. The van der Waals surface area contributed by atoms with Crippen LogP contribution in [0.3, 0.4) is 0 Å². The summed E-state index contributed by atoms with van der Waals surface area (Å²) in [6, 6.07) is 3.82. The summed E-state index contributed by atoms with van der Waals surface area (Å²) in [4.78, 5) is 49.3. The van der Waals surface area contributed by atoms with E-state index in [1.165, 1.54) is 0 Å². The van der Waals surface area contributed by atoms with E-state index in [2.05, 4.69) is 15.3 Å². The zero-order valence-electron chi connectivity index (χ0n) is 19.5. The molecule has 0 saturated heterocycles. The van der Waals surface area contributed by atoms with Crippen LogP contribution in [0.5, 0.6) is 0 Å². The first-order valence-electron chi connectivity index (χ1n) is 11.2. The molecule has 33 heavy (non-hydrogen) atoms. The van der Waals surface area contributed by atoms with Gasteiger partial charge in [0.1, 0.15) is 12.0 Å². The Morgan fingerprint density at radius 3 is 2.73 bits per heavy atom. The van der Waals surface area contributed by atoms with Crippen molar-refractivity contribution in [3.05, 3.63) is 53.5 Å². The van der Waals surface area contributed by atoms with Gasteiger partial charge in [0, 0.05) is 44.0 Å². The Morgan fingerprint density at radius 1 is 1.33 bits per heavy atom. The Morgan fingerprint density at radius 2 is 2.12 bits per heavy atom. The van der Waals surface area contributed by atoms with Crippen LogP contribution in [-0.4, -0.2) is 72.3 Å². The van der Waals surface area contributed by atoms with Crippen molar-refractivity contribution in [2.45, 2.75) is 38.6 Å². The molecular formula is C25H31N5O3.